The van der Waals surface area contributed by atoms with Crippen LogP contribution in [-0.2, 0) is 14.3 Å². The van der Waals surface area contributed by atoms with Crippen LogP contribution >= 0.6 is 11.6 Å². The zero-order valence-electron chi connectivity index (χ0n) is 15.0. The number of methoxy groups -OCH3 is 1. The molecule has 1 amide bonds. The van der Waals surface area contributed by atoms with Crippen LogP contribution in [0.5, 0.6) is 5.75 Å². The van der Waals surface area contributed by atoms with E-state index >= 15 is 0 Å². The first-order valence-electron chi connectivity index (χ1n) is 8.33. The molecule has 6 heteroatoms. The lowest BCUT2D eigenvalue weighted by Crippen LogP contribution is -2.42. The molecule has 136 valence electrons. The summed E-state index contributed by atoms with van der Waals surface area (Å²) in [7, 11) is 1.61. The van der Waals surface area contributed by atoms with E-state index in [1.165, 1.54) is 0 Å². The molecular weight excluding hydrogens is 330 g/mol. The van der Waals surface area contributed by atoms with Crippen molar-refractivity contribution < 1.29 is 19.0 Å². The van der Waals surface area contributed by atoms with Crippen LogP contribution in [0, 0.1) is 0 Å². The van der Waals surface area contributed by atoms with Gasteiger partial charge in [0.1, 0.15) is 18.0 Å². The largest absolute Gasteiger partial charge is 0.490 e. The molecule has 1 atom stereocenters. The van der Waals surface area contributed by atoms with Gasteiger partial charge in [0, 0.05) is 19.4 Å². The van der Waals surface area contributed by atoms with Gasteiger partial charge in [0.15, 0.2) is 0 Å². The molecule has 5 nitrogen and oxygen atoms in total. The van der Waals surface area contributed by atoms with Gasteiger partial charge in [-0.15, -0.1) is 0 Å². The molecule has 0 aromatic heterocycles. The molecule has 1 aromatic rings. The Labute approximate surface area is 149 Å². The fourth-order valence-electron chi connectivity index (χ4n) is 2.28. The monoisotopic (exact) mass is 357 g/mol. The van der Waals surface area contributed by atoms with E-state index in [1.807, 2.05) is 13.8 Å². The second-order valence-electron chi connectivity index (χ2n) is 5.71. The molecule has 1 N–H and O–H groups in total. The van der Waals surface area contributed by atoms with Gasteiger partial charge < -0.3 is 19.5 Å². The Kier molecular flexibility index (Phi) is 9.11. The number of amides is 1. The van der Waals surface area contributed by atoms with Crippen molar-refractivity contribution in [1.29, 1.82) is 0 Å². The van der Waals surface area contributed by atoms with Gasteiger partial charge >= 0.3 is 0 Å². The van der Waals surface area contributed by atoms with E-state index in [0.29, 0.717) is 42.7 Å². The highest BCUT2D eigenvalue weighted by atomic mass is 35.5. The zero-order chi connectivity index (χ0) is 18.0. The molecule has 1 aromatic carbocycles. The highest BCUT2D eigenvalue weighted by molar-refractivity contribution is 6.32. The van der Waals surface area contributed by atoms with E-state index in [0.717, 1.165) is 12.8 Å². The molecule has 1 rings (SSSR count). The molecule has 0 aliphatic rings. The summed E-state index contributed by atoms with van der Waals surface area (Å²) in [6, 6.07) is 5.17. The van der Waals surface area contributed by atoms with Gasteiger partial charge in [-0.25, -0.2) is 0 Å². The summed E-state index contributed by atoms with van der Waals surface area (Å²) in [6.07, 6.45) is 2.61. The maximum Gasteiger partial charge on any atom is 0.256 e. The number of carbonyl (C=O) groups excluding carboxylic acids is 1. The molecule has 1 unspecified atom stereocenters. The third-order valence-corrected chi connectivity index (χ3v) is 3.98. The Morgan fingerprint density at radius 3 is 2.62 bits per heavy atom. The smallest absolute Gasteiger partial charge is 0.256 e. The summed E-state index contributed by atoms with van der Waals surface area (Å²) in [4.78, 5) is 12.6. The molecule has 0 spiro atoms. The number of rotatable bonds is 11. The number of benzene rings is 1. The van der Waals surface area contributed by atoms with Gasteiger partial charge in [-0.3, -0.25) is 4.79 Å². The van der Waals surface area contributed by atoms with Crippen LogP contribution < -0.4 is 10.1 Å². The van der Waals surface area contributed by atoms with E-state index in [9.17, 15) is 4.79 Å². The maximum atomic E-state index is 12.6. The van der Waals surface area contributed by atoms with Gasteiger partial charge in [0.25, 0.3) is 5.91 Å². The summed E-state index contributed by atoms with van der Waals surface area (Å²) in [5, 5.41) is 3.32. The van der Waals surface area contributed by atoms with Crippen LogP contribution in [0.3, 0.4) is 0 Å². The Balaban J connectivity index is 2.76. The first-order valence-corrected chi connectivity index (χ1v) is 8.71. The van der Waals surface area contributed by atoms with Crippen LogP contribution in [0.4, 0.5) is 5.69 Å². The third kappa shape index (κ3) is 6.30. The Morgan fingerprint density at radius 2 is 2.04 bits per heavy atom. The maximum absolute atomic E-state index is 12.6. The molecular formula is C18H28ClNO4. The van der Waals surface area contributed by atoms with Crippen molar-refractivity contribution in [2.24, 2.45) is 0 Å². The topological polar surface area (TPSA) is 56.8 Å². The number of hydrogen-bond donors (Lipinski definition) is 1. The minimum absolute atomic E-state index is 0.165. The molecule has 0 saturated heterocycles. The fourth-order valence-corrected chi connectivity index (χ4v) is 2.51. The number of unbranched alkanes of at least 4 members (excludes halogenated alkanes) is 1. The quantitative estimate of drug-likeness (QED) is 0.600. The van der Waals surface area contributed by atoms with Gasteiger partial charge in [-0.05, 0) is 38.5 Å². The highest BCUT2D eigenvalue weighted by Crippen LogP contribution is 2.29. The normalized spacial score (nSPS) is 13.4. The molecule has 0 radical (unpaired) electrons. The summed E-state index contributed by atoms with van der Waals surface area (Å²) < 4.78 is 16.1. The summed E-state index contributed by atoms with van der Waals surface area (Å²) in [5.74, 6) is 0.396. The average Bonchev–Trinajstić information content (AvgIpc) is 2.55. The standard InChI is InChI=1S/C18H28ClNO4/c1-5-7-10-18(3,24-6-2)17(21)20-14-8-9-16(15(19)13-14)23-12-11-22-4/h8-9,13H,5-7,10-12H2,1-4H3,(H,20,21). The van der Waals surface area contributed by atoms with Gasteiger partial charge in [0.05, 0.1) is 11.6 Å². The number of ether oxygens (including phenoxy) is 3. The second kappa shape index (κ2) is 10.5. The number of nitrogens with one attached hydrogen (secondary N) is 1. The van der Waals surface area contributed by atoms with E-state index in [4.69, 9.17) is 25.8 Å². The molecule has 0 bridgehead atoms. The Morgan fingerprint density at radius 1 is 1.29 bits per heavy atom. The highest BCUT2D eigenvalue weighted by Gasteiger charge is 2.33. The van der Waals surface area contributed by atoms with Gasteiger partial charge in [-0.2, -0.15) is 0 Å². The van der Waals surface area contributed by atoms with Crippen LogP contribution in [0.1, 0.15) is 40.0 Å². The number of hydrogen-bond acceptors (Lipinski definition) is 4. The van der Waals surface area contributed by atoms with Crippen molar-refractivity contribution >= 4 is 23.2 Å². The van der Waals surface area contributed by atoms with Crippen LogP contribution in [0.25, 0.3) is 0 Å². The van der Waals surface area contributed by atoms with E-state index < -0.39 is 5.60 Å². The lowest BCUT2D eigenvalue weighted by atomic mass is 9.97. The molecule has 0 aliphatic carbocycles. The summed E-state index contributed by atoms with van der Waals surface area (Å²) >= 11 is 6.20. The second-order valence-corrected chi connectivity index (χ2v) is 6.12. The lowest BCUT2D eigenvalue weighted by molar-refractivity contribution is -0.139. The molecule has 0 fully saturated rings. The van der Waals surface area contributed by atoms with Crippen molar-refractivity contribution in [2.45, 2.75) is 45.6 Å². The van der Waals surface area contributed by atoms with Gasteiger partial charge in [-0.1, -0.05) is 31.4 Å². The van der Waals surface area contributed by atoms with E-state index in [2.05, 4.69) is 12.2 Å². The number of anilines is 1. The molecule has 24 heavy (non-hydrogen) atoms. The zero-order valence-corrected chi connectivity index (χ0v) is 15.7. The molecule has 0 heterocycles. The number of halogens is 1. The average molecular weight is 358 g/mol. The first-order chi connectivity index (χ1) is 11.5. The van der Waals surface area contributed by atoms with Crippen molar-refractivity contribution in [3.8, 4) is 5.75 Å². The number of carbonyl (C=O) groups is 1. The predicted octanol–water partition coefficient (Wildman–Crippen LogP) is 4.29. The summed E-state index contributed by atoms with van der Waals surface area (Å²) in [5.41, 5.74) is -0.225. The van der Waals surface area contributed by atoms with E-state index in [1.54, 1.807) is 25.3 Å². The van der Waals surface area contributed by atoms with Crippen molar-refractivity contribution in [3.63, 3.8) is 0 Å². The van der Waals surface area contributed by atoms with Crippen molar-refractivity contribution in [2.75, 3.05) is 32.2 Å². The third-order valence-electron chi connectivity index (χ3n) is 3.69. The first kappa shape index (κ1) is 20.7. The Hall–Kier alpha value is -1.30. The van der Waals surface area contributed by atoms with E-state index in [-0.39, 0.29) is 5.91 Å². The SMILES string of the molecule is CCCCC(C)(OCC)C(=O)Nc1ccc(OCCOC)c(Cl)c1. The van der Waals surface area contributed by atoms with Crippen molar-refractivity contribution in [1.82, 2.24) is 0 Å². The minimum Gasteiger partial charge on any atom is -0.490 e. The fraction of sp³-hybridized carbons (Fsp3) is 0.611. The lowest BCUT2D eigenvalue weighted by Gasteiger charge is -2.28. The minimum atomic E-state index is -0.842. The van der Waals surface area contributed by atoms with Crippen molar-refractivity contribution in [3.05, 3.63) is 23.2 Å². The van der Waals surface area contributed by atoms with Crippen LogP contribution in [0.15, 0.2) is 18.2 Å². The van der Waals surface area contributed by atoms with Crippen LogP contribution in [-0.4, -0.2) is 38.4 Å². The Bertz CT molecular complexity index is 524. The van der Waals surface area contributed by atoms with Crippen LogP contribution in [0.2, 0.25) is 5.02 Å². The molecule has 0 saturated carbocycles. The van der Waals surface area contributed by atoms with Gasteiger partial charge in [0.2, 0.25) is 0 Å². The predicted molar refractivity (Wildman–Crippen MR) is 97.0 cm³/mol. The molecule has 0 aliphatic heterocycles. The summed E-state index contributed by atoms with van der Waals surface area (Å²) in [6.45, 7) is 7.19.